The minimum atomic E-state index is -0.322. The van der Waals surface area contributed by atoms with Gasteiger partial charge in [0.1, 0.15) is 5.76 Å². The van der Waals surface area contributed by atoms with Crippen molar-refractivity contribution in [3.63, 3.8) is 0 Å². The van der Waals surface area contributed by atoms with Crippen molar-refractivity contribution in [1.29, 1.82) is 0 Å². The number of fused-ring (bicyclic) bond motifs is 1. The Hall–Kier alpha value is -3.00. The summed E-state index contributed by atoms with van der Waals surface area (Å²) in [5.74, 6) is 0.489. The first-order valence-corrected chi connectivity index (χ1v) is 8.38. The zero-order valence-corrected chi connectivity index (χ0v) is 14.5. The number of aromatic hydroxyl groups is 1. The molecule has 2 aromatic rings. The Morgan fingerprint density at radius 3 is 2.92 bits per heavy atom. The van der Waals surface area contributed by atoms with Crippen LogP contribution in [0, 0.1) is 0 Å². The van der Waals surface area contributed by atoms with E-state index in [9.17, 15) is 9.90 Å². The quantitative estimate of drug-likeness (QED) is 0.859. The standard InChI is InChI=1S/C17H16N4O3S/c1-3-24-13-8-15(19-9(2)22)20-12-5-4-10(6-11(12)13)7-14-16(23)21-17(18)25-14/h4-8,23H,3H2,1-2H3,(H2,18,21)/b10-7+,19-15?. The maximum atomic E-state index is 11.2. The van der Waals surface area contributed by atoms with Gasteiger partial charge in [0.05, 0.1) is 16.8 Å². The molecular formula is C17H16N4O3S. The lowest BCUT2D eigenvalue weighted by Crippen LogP contribution is -2.21. The van der Waals surface area contributed by atoms with Gasteiger partial charge >= 0.3 is 0 Å². The number of ether oxygens (including phenoxy) is 1. The lowest BCUT2D eigenvalue weighted by atomic mass is 10.1. The summed E-state index contributed by atoms with van der Waals surface area (Å²) in [5, 5.41) is 11.6. The van der Waals surface area contributed by atoms with Crippen LogP contribution in [0.5, 0.6) is 5.88 Å². The number of amides is 1. The molecule has 1 aromatic heterocycles. The average molecular weight is 356 g/mol. The van der Waals surface area contributed by atoms with E-state index in [-0.39, 0.29) is 11.8 Å². The first kappa shape index (κ1) is 16.8. The molecule has 7 nitrogen and oxygen atoms in total. The van der Waals surface area contributed by atoms with Gasteiger partial charge in [0.2, 0.25) is 11.8 Å². The van der Waals surface area contributed by atoms with Crippen LogP contribution in [-0.2, 0) is 9.53 Å². The molecule has 3 N–H and O–H groups in total. The lowest BCUT2D eigenvalue weighted by molar-refractivity contribution is -0.115. The van der Waals surface area contributed by atoms with Crippen molar-refractivity contribution in [1.82, 2.24) is 4.98 Å². The molecular weight excluding hydrogens is 340 g/mol. The van der Waals surface area contributed by atoms with Gasteiger partial charge in [-0.05, 0) is 30.4 Å². The van der Waals surface area contributed by atoms with Crippen LogP contribution in [0.4, 0.5) is 5.13 Å². The van der Waals surface area contributed by atoms with Crippen LogP contribution in [0.1, 0.15) is 24.3 Å². The number of nitrogen functional groups attached to an aromatic ring is 1. The summed E-state index contributed by atoms with van der Waals surface area (Å²) in [5.41, 5.74) is 6.39. The molecule has 0 unspecified atom stereocenters. The van der Waals surface area contributed by atoms with Gasteiger partial charge in [0, 0.05) is 18.6 Å². The van der Waals surface area contributed by atoms with Crippen molar-refractivity contribution in [2.45, 2.75) is 13.8 Å². The number of rotatable bonds is 3. The summed E-state index contributed by atoms with van der Waals surface area (Å²) in [6.07, 6.45) is 3.42. The van der Waals surface area contributed by atoms with E-state index in [1.807, 2.05) is 25.1 Å². The molecule has 3 rings (SSSR count). The Labute approximate surface area is 147 Å². The van der Waals surface area contributed by atoms with Gasteiger partial charge in [0.25, 0.3) is 0 Å². The Morgan fingerprint density at radius 1 is 1.48 bits per heavy atom. The van der Waals surface area contributed by atoms with E-state index in [0.717, 1.165) is 10.8 Å². The van der Waals surface area contributed by atoms with Crippen molar-refractivity contribution in [3.05, 3.63) is 45.3 Å². The molecule has 1 aliphatic heterocycles. The predicted molar refractivity (Wildman–Crippen MR) is 96.7 cm³/mol. The highest BCUT2D eigenvalue weighted by Crippen LogP contribution is 2.26. The van der Waals surface area contributed by atoms with Gasteiger partial charge < -0.3 is 15.6 Å². The zero-order chi connectivity index (χ0) is 18.0. The Bertz CT molecular complexity index is 1020. The molecule has 1 amide bonds. The van der Waals surface area contributed by atoms with Crippen LogP contribution >= 0.6 is 11.3 Å². The average Bonchev–Trinajstić information content (AvgIpc) is 2.85. The van der Waals surface area contributed by atoms with E-state index in [4.69, 9.17) is 10.5 Å². The summed E-state index contributed by atoms with van der Waals surface area (Å²) in [6.45, 7) is 3.72. The number of nitrogens with two attached hydrogens (primary N) is 1. The first-order valence-electron chi connectivity index (χ1n) is 7.56. The lowest BCUT2D eigenvalue weighted by Gasteiger charge is -2.13. The molecule has 128 valence electrons. The molecule has 2 heterocycles. The number of aliphatic imine (C=N–C) groups is 1. The molecule has 0 saturated carbocycles. The number of carbonyl (C=O) groups excluding carboxylic acids is 1. The number of amidine groups is 1. The third kappa shape index (κ3) is 3.74. The maximum Gasteiger partial charge on any atom is 0.244 e. The van der Waals surface area contributed by atoms with Crippen molar-refractivity contribution in [2.75, 3.05) is 12.3 Å². The molecule has 0 fully saturated rings. The maximum absolute atomic E-state index is 11.2. The van der Waals surface area contributed by atoms with Crippen molar-refractivity contribution < 1.29 is 14.6 Å². The van der Waals surface area contributed by atoms with Gasteiger partial charge in [-0.15, -0.1) is 0 Å². The predicted octanol–water partition coefficient (Wildman–Crippen LogP) is 1.22. The molecule has 1 aliphatic rings. The minimum Gasteiger partial charge on any atom is -0.493 e. The number of hydrogen-bond donors (Lipinski definition) is 2. The third-order valence-electron chi connectivity index (χ3n) is 3.30. The molecule has 8 heteroatoms. The van der Waals surface area contributed by atoms with E-state index in [1.165, 1.54) is 18.3 Å². The van der Waals surface area contributed by atoms with Gasteiger partial charge in [-0.1, -0.05) is 17.4 Å². The van der Waals surface area contributed by atoms with Gasteiger partial charge in [-0.3, -0.25) is 4.79 Å². The van der Waals surface area contributed by atoms with Crippen LogP contribution in [0.15, 0.2) is 34.3 Å². The van der Waals surface area contributed by atoms with E-state index in [0.29, 0.717) is 33.6 Å². The molecule has 0 atom stereocenters. The van der Waals surface area contributed by atoms with Crippen LogP contribution in [0.25, 0.3) is 11.8 Å². The zero-order valence-electron chi connectivity index (χ0n) is 13.7. The molecule has 0 bridgehead atoms. The van der Waals surface area contributed by atoms with Crippen molar-refractivity contribution in [3.8, 4) is 5.88 Å². The van der Waals surface area contributed by atoms with E-state index in [1.54, 1.807) is 12.2 Å². The first-order chi connectivity index (χ1) is 12.0. The second kappa shape index (κ2) is 6.86. The number of carbonyl (C=O) groups is 1. The SMILES string of the molecule is CCOC1=CC(=NC(C)=O)N=c2cc/c(=C\c3sc(N)nc3O)cc21. The fraction of sp³-hybridized carbons (Fsp3) is 0.176. The van der Waals surface area contributed by atoms with E-state index in [2.05, 4.69) is 15.0 Å². The number of thiazole rings is 1. The van der Waals surface area contributed by atoms with Crippen LogP contribution < -0.4 is 16.3 Å². The van der Waals surface area contributed by atoms with Gasteiger partial charge in [0.15, 0.2) is 11.0 Å². The largest absolute Gasteiger partial charge is 0.493 e. The second-order valence-electron chi connectivity index (χ2n) is 5.20. The Balaban J connectivity index is 2.13. The highest BCUT2D eigenvalue weighted by molar-refractivity contribution is 7.16. The Kier molecular flexibility index (Phi) is 4.62. The van der Waals surface area contributed by atoms with E-state index >= 15 is 0 Å². The fourth-order valence-electron chi connectivity index (χ4n) is 2.37. The van der Waals surface area contributed by atoms with Crippen LogP contribution in [0.3, 0.4) is 0 Å². The Morgan fingerprint density at radius 2 is 2.28 bits per heavy atom. The summed E-state index contributed by atoms with van der Waals surface area (Å²) in [7, 11) is 0. The summed E-state index contributed by atoms with van der Waals surface area (Å²) in [4.78, 5) is 23.8. The second-order valence-corrected chi connectivity index (χ2v) is 6.27. The topological polar surface area (TPSA) is 110 Å². The third-order valence-corrected chi connectivity index (χ3v) is 4.12. The minimum absolute atomic E-state index is 0.0960. The van der Waals surface area contributed by atoms with Crippen LogP contribution in [-0.4, -0.2) is 28.4 Å². The summed E-state index contributed by atoms with van der Waals surface area (Å²) in [6, 6.07) is 5.54. The molecule has 0 spiro atoms. The molecule has 0 saturated heterocycles. The van der Waals surface area contributed by atoms with Crippen molar-refractivity contribution >= 4 is 40.0 Å². The number of hydrogen-bond acceptors (Lipinski definition) is 6. The number of anilines is 1. The monoisotopic (exact) mass is 356 g/mol. The number of benzene rings is 1. The van der Waals surface area contributed by atoms with Crippen LogP contribution in [0.2, 0.25) is 0 Å². The molecule has 0 radical (unpaired) electrons. The van der Waals surface area contributed by atoms with E-state index < -0.39 is 0 Å². The smallest absolute Gasteiger partial charge is 0.244 e. The molecule has 1 aromatic carbocycles. The number of nitrogens with zero attached hydrogens (tertiary/aromatic N) is 3. The highest BCUT2D eigenvalue weighted by Gasteiger charge is 2.13. The van der Waals surface area contributed by atoms with Crippen molar-refractivity contribution in [2.24, 2.45) is 9.98 Å². The van der Waals surface area contributed by atoms with Gasteiger partial charge in [-0.25, -0.2) is 4.99 Å². The molecule has 0 aliphatic carbocycles. The highest BCUT2D eigenvalue weighted by atomic mass is 32.1. The fourth-order valence-corrected chi connectivity index (χ4v) is 3.06. The number of aromatic nitrogens is 1. The normalized spacial score (nSPS) is 15.5. The van der Waals surface area contributed by atoms with Gasteiger partial charge in [-0.2, -0.15) is 9.98 Å². The molecule has 25 heavy (non-hydrogen) atoms. The summed E-state index contributed by atoms with van der Waals surface area (Å²) < 4.78 is 5.67. The summed E-state index contributed by atoms with van der Waals surface area (Å²) >= 11 is 1.20.